The standard InChI is InChI=1S/C11H10/c1-2-4-11-9-6-5-8(7-9)10(11)3-1/h1-6,8-9H,7H2/t8-,9-/m0/s1. The molecule has 0 heteroatoms. The Morgan fingerprint density at radius 3 is 2.00 bits per heavy atom. The van der Waals surface area contributed by atoms with E-state index in [9.17, 15) is 0 Å². The number of benzene rings is 1. The molecule has 0 radical (unpaired) electrons. The molecule has 1 aromatic carbocycles. The molecular weight excluding hydrogens is 132 g/mol. The Kier molecular flexibility index (Phi) is 0.894. The molecule has 2 aliphatic carbocycles. The predicted molar refractivity (Wildman–Crippen MR) is 45.7 cm³/mol. The van der Waals surface area contributed by atoms with Crippen LogP contribution in [0, 0.1) is 0 Å². The molecular formula is C11H10. The number of allylic oxidation sites excluding steroid dienone is 2. The van der Waals surface area contributed by atoms with Crippen LogP contribution < -0.4 is 0 Å². The highest BCUT2D eigenvalue weighted by Gasteiger charge is 2.31. The number of hydrogen-bond acceptors (Lipinski definition) is 0. The van der Waals surface area contributed by atoms with Crippen molar-refractivity contribution in [3.63, 3.8) is 0 Å². The topological polar surface area (TPSA) is 0 Å². The van der Waals surface area contributed by atoms with E-state index >= 15 is 0 Å². The van der Waals surface area contributed by atoms with Crippen LogP contribution in [0.3, 0.4) is 0 Å². The van der Waals surface area contributed by atoms with Gasteiger partial charge in [-0.15, -0.1) is 0 Å². The van der Waals surface area contributed by atoms with E-state index in [0.29, 0.717) is 0 Å². The zero-order valence-electron chi connectivity index (χ0n) is 6.33. The van der Waals surface area contributed by atoms with Crippen molar-refractivity contribution in [2.45, 2.75) is 18.3 Å². The molecule has 0 nitrogen and oxygen atoms in total. The molecule has 0 heterocycles. The monoisotopic (exact) mass is 142 g/mol. The van der Waals surface area contributed by atoms with Gasteiger partial charge in [0.1, 0.15) is 0 Å². The second-order valence-electron chi connectivity index (χ2n) is 3.46. The summed E-state index contributed by atoms with van der Waals surface area (Å²) in [6.07, 6.45) is 6.04. The Labute approximate surface area is 66.6 Å². The molecule has 0 aromatic heterocycles. The maximum atomic E-state index is 2.35. The predicted octanol–water partition coefficient (Wildman–Crippen LogP) is 2.83. The van der Waals surface area contributed by atoms with E-state index in [1.54, 1.807) is 11.1 Å². The van der Waals surface area contributed by atoms with Gasteiger partial charge in [-0.05, 0) is 17.5 Å². The van der Waals surface area contributed by atoms with Gasteiger partial charge in [-0.25, -0.2) is 0 Å². The maximum Gasteiger partial charge on any atom is 0.00299 e. The largest absolute Gasteiger partial charge is 0.0804 e. The molecule has 2 aliphatic rings. The van der Waals surface area contributed by atoms with Crippen LogP contribution in [-0.4, -0.2) is 0 Å². The lowest BCUT2D eigenvalue weighted by atomic mass is 9.97. The van der Waals surface area contributed by atoms with Crippen molar-refractivity contribution in [3.05, 3.63) is 47.5 Å². The fourth-order valence-electron chi connectivity index (χ4n) is 2.35. The van der Waals surface area contributed by atoms with Crippen LogP contribution in [0.1, 0.15) is 29.4 Å². The fraction of sp³-hybridized carbons (Fsp3) is 0.273. The van der Waals surface area contributed by atoms with Crippen molar-refractivity contribution in [2.24, 2.45) is 0 Å². The molecule has 1 aromatic rings. The highest BCUT2D eigenvalue weighted by molar-refractivity contribution is 5.47. The van der Waals surface area contributed by atoms with Crippen molar-refractivity contribution in [1.29, 1.82) is 0 Å². The van der Waals surface area contributed by atoms with Crippen LogP contribution in [0.5, 0.6) is 0 Å². The molecule has 2 atom stereocenters. The van der Waals surface area contributed by atoms with E-state index in [0.717, 1.165) is 11.8 Å². The molecule has 2 bridgehead atoms. The van der Waals surface area contributed by atoms with Crippen LogP contribution in [0.25, 0.3) is 0 Å². The summed E-state index contributed by atoms with van der Waals surface area (Å²) in [5, 5.41) is 0. The van der Waals surface area contributed by atoms with Gasteiger partial charge in [0.25, 0.3) is 0 Å². The fourth-order valence-corrected chi connectivity index (χ4v) is 2.35. The van der Waals surface area contributed by atoms with Crippen LogP contribution in [0.2, 0.25) is 0 Å². The van der Waals surface area contributed by atoms with Gasteiger partial charge in [-0.3, -0.25) is 0 Å². The third-order valence-corrected chi connectivity index (χ3v) is 2.88. The first-order chi connectivity index (χ1) is 5.45. The Morgan fingerprint density at radius 2 is 1.45 bits per heavy atom. The molecule has 0 N–H and O–H groups in total. The molecule has 0 saturated carbocycles. The van der Waals surface area contributed by atoms with Gasteiger partial charge in [0.2, 0.25) is 0 Å². The quantitative estimate of drug-likeness (QED) is 0.488. The van der Waals surface area contributed by atoms with Gasteiger partial charge in [-0.2, -0.15) is 0 Å². The Morgan fingerprint density at radius 1 is 0.909 bits per heavy atom. The Bertz CT molecular complexity index is 292. The van der Waals surface area contributed by atoms with Crippen molar-refractivity contribution >= 4 is 0 Å². The lowest BCUT2D eigenvalue weighted by molar-refractivity contribution is 0.804. The molecule has 0 unspecified atom stereocenters. The van der Waals surface area contributed by atoms with E-state index in [-0.39, 0.29) is 0 Å². The van der Waals surface area contributed by atoms with Crippen LogP contribution >= 0.6 is 0 Å². The van der Waals surface area contributed by atoms with Crippen LogP contribution in [0.4, 0.5) is 0 Å². The number of rotatable bonds is 0. The normalized spacial score (nSPS) is 30.9. The summed E-state index contributed by atoms with van der Waals surface area (Å²) in [5.41, 5.74) is 3.14. The van der Waals surface area contributed by atoms with Gasteiger partial charge in [0.05, 0.1) is 0 Å². The third kappa shape index (κ3) is 0.597. The van der Waals surface area contributed by atoms with E-state index < -0.39 is 0 Å². The zero-order chi connectivity index (χ0) is 7.26. The summed E-state index contributed by atoms with van der Waals surface area (Å²) in [4.78, 5) is 0. The number of fused-ring (bicyclic) bond motifs is 5. The van der Waals surface area contributed by atoms with Crippen LogP contribution in [-0.2, 0) is 0 Å². The molecule has 0 fully saturated rings. The van der Waals surface area contributed by atoms with Crippen molar-refractivity contribution in [3.8, 4) is 0 Å². The van der Waals surface area contributed by atoms with E-state index in [2.05, 4.69) is 36.4 Å². The first-order valence-electron chi connectivity index (χ1n) is 4.22. The molecule has 0 spiro atoms. The highest BCUT2D eigenvalue weighted by atomic mass is 14.3. The first kappa shape index (κ1) is 5.59. The van der Waals surface area contributed by atoms with Gasteiger partial charge >= 0.3 is 0 Å². The van der Waals surface area contributed by atoms with Gasteiger partial charge in [-0.1, -0.05) is 36.4 Å². The van der Waals surface area contributed by atoms with Gasteiger partial charge < -0.3 is 0 Å². The minimum absolute atomic E-state index is 0.746. The summed E-state index contributed by atoms with van der Waals surface area (Å²) in [7, 11) is 0. The van der Waals surface area contributed by atoms with E-state index in [1.165, 1.54) is 6.42 Å². The molecule has 3 rings (SSSR count). The van der Waals surface area contributed by atoms with Gasteiger partial charge in [0.15, 0.2) is 0 Å². The summed E-state index contributed by atoms with van der Waals surface area (Å²) < 4.78 is 0. The second-order valence-corrected chi connectivity index (χ2v) is 3.46. The molecule has 0 amide bonds. The minimum Gasteiger partial charge on any atom is -0.0804 e. The van der Waals surface area contributed by atoms with Crippen molar-refractivity contribution < 1.29 is 0 Å². The molecule has 54 valence electrons. The number of hydrogen-bond donors (Lipinski definition) is 0. The lowest BCUT2D eigenvalue weighted by Crippen LogP contribution is -1.90. The molecule has 11 heavy (non-hydrogen) atoms. The lowest BCUT2D eigenvalue weighted by Gasteiger charge is -2.08. The van der Waals surface area contributed by atoms with E-state index in [1.807, 2.05) is 0 Å². The zero-order valence-corrected chi connectivity index (χ0v) is 6.33. The average molecular weight is 142 g/mol. The van der Waals surface area contributed by atoms with Crippen molar-refractivity contribution in [2.75, 3.05) is 0 Å². The summed E-state index contributed by atoms with van der Waals surface area (Å²) in [6, 6.07) is 8.83. The summed E-state index contributed by atoms with van der Waals surface area (Å²) in [5.74, 6) is 1.49. The smallest absolute Gasteiger partial charge is 0.00299 e. The van der Waals surface area contributed by atoms with Crippen molar-refractivity contribution in [1.82, 2.24) is 0 Å². The van der Waals surface area contributed by atoms with E-state index in [4.69, 9.17) is 0 Å². The minimum atomic E-state index is 0.746. The second kappa shape index (κ2) is 1.76. The summed E-state index contributed by atoms with van der Waals surface area (Å²) in [6.45, 7) is 0. The third-order valence-electron chi connectivity index (χ3n) is 2.88. The molecule has 0 aliphatic heterocycles. The SMILES string of the molecule is C1=C[C@H]2C[C@H]1c1ccccc12. The Hall–Kier alpha value is -1.04. The summed E-state index contributed by atoms with van der Waals surface area (Å²) >= 11 is 0. The highest BCUT2D eigenvalue weighted by Crippen LogP contribution is 2.47. The maximum absolute atomic E-state index is 2.35. The Balaban J connectivity index is 2.28. The molecule has 0 saturated heterocycles. The first-order valence-corrected chi connectivity index (χ1v) is 4.22. The average Bonchev–Trinajstić information content (AvgIpc) is 2.64. The van der Waals surface area contributed by atoms with Gasteiger partial charge in [0, 0.05) is 11.8 Å². The van der Waals surface area contributed by atoms with Crippen LogP contribution in [0.15, 0.2) is 36.4 Å².